The first-order valence-electron chi connectivity index (χ1n) is 7.30. The maximum atomic E-state index is 6.18. The zero-order valence-corrected chi connectivity index (χ0v) is 12.3. The van der Waals surface area contributed by atoms with Crippen LogP contribution in [0, 0.1) is 6.92 Å². The van der Waals surface area contributed by atoms with Gasteiger partial charge in [0.2, 0.25) is 0 Å². The summed E-state index contributed by atoms with van der Waals surface area (Å²) in [5.74, 6) is 0.673. The fourth-order valence-electron chi connectivity index (χ4n) is 2.95. The third kappa shape index (κ3) is 2.46. The van der Waals surface area contributed by atoms with Gasteiger partial charge >= 0.3 is 0 Å². The first-order chi connectivity index (χ1) is 9.14. The van der Waals surface area contributed by atoms with Crippen LogP contribution in [0.15, 0.2) is 29.3 Å². The van der Waals surface area contributed by atoms with E-state index in [-0.39, 0.29) is 5.54 Å². The molecule has 0 saturated carbocycles. The minimum absolute atomic E-state index is 0.0756. The van der Waals surface area contributed by atoms with Gasteiger partial charge in [-0.05, 0) is 31.4 Å². The van der Waals surface area contributed by atoms with Gasteiger partial charge in [-0.15, -0.1) is 0 Å². The van der Waals surface area contributed by atoms with E-state index < -0.39 is 0 Å². The van der Waals surface area contributed by atoms with Crippen LogP contribution in [0.5, 0.6) is 0 Å². The second kappa shape index (κ2) is 5.64. The van der Waals surface area contributed by atoms with Crippen molar-refractivity contribution in [1.82, 2.24) is 0 Å². The number of rotatable bonds is 5. The summed E-state index contributed by atoms with van der Waals surface area (Å²) in [5, 5.41) is 0. The van der Waals surface area contributed by atoms with E-state index in [0.717, 1.165) is 19.4 Å². The van der Waals surface area contributed by atoms with E-state index >= 15 is 0 Å². The molecule has 3 nitrogen and oxygen atoms in total. The number of nitrogens with zero attached hydrogens (tertiary/aromatic N) is 2. The summed E-state index contributed by atoms with van der Waals surface area (Å²) in [4.78, 5) is 6.81. The van der Waals surface area contributed by atoms with Crippen LogP contribution in [-0.2, 0) is 0 Å². The Morgan fingerprint density at radius 1 is 1.32 bits per heavy atom. The van der Waals surface area contributed by atoms with E-state index in [1.54, 1.807) is 0 Å². The minimum Gasteiger partial charge on any atom is -0.369 e. The quantitative estimate of drug-likeness (QED) is 0.879. The van der Waals surface area contributed by atoms with Crippen molar-refractivity contribution in [2.24, 2.45) is 10.7 Å². The molecule has 0 aromatic heterocycles. The van der Waals surface area contributed by atoms with E-state index in [1.807, 2.05) is 0 Å². The molecule has 2 rings (SSSR count). The van der Waals surface area contributed by atoms with Gasteiger partial charge in [-0.2, -0.15) is 0 Å². The number of anilines is 1. The average molecular weight is 259 g/mol. The molecule has 0 fully saturated rings. The molecule has 2 N–H and O–H groups in total. The normalized spacial score (nSPS) is 22.7. The van der Waals surface area contributed by atoms with E-state index in [0.29, 0.717) is 5.96 Å². The molecule has 1 heterocycles. The number of benzene rings is 1. The fourth-order valence-corrected chi connectivity index (χ4v) is 2.95. The van der Waals surface area contributed by atoms with Gasteiger partial charge in [-0.25, -0.2) is 0 Å². The van der Waals surface area contributed by atoms with Gasteiger partial charge in [-0.1, -0.05) is 44.9 Å². The highest BCUT2D eigenvalue weighted by Crippen LogP contribution is 2.36. The van der Waals surface area contributed by atoms with Crippen LogP contribution in [0.1, 0.15) is 45.1 Å². The molecule has 1 aromatic rings. The molecule has 0 saturated heterocycles. The minimum atomic E-state index is 0.0756. The smallest absolute Gasteiger partial charge is 0.196 e. The summed E-state index contributed by atoms with van der Waals surface area (Å²) >= 11 is 0. The Hall–Kier alpha value is -1.51. The lowest BCUT2D eigenvalue weighted by Gasteiger charge is -2.39. The molecule has 0 radical (unpaired) electrons. The second-order valence-corrected chi connectivity index (χ2v) is 5.48. The zero-order valence-electron chi connectivity index (χ0n) is 12.3. The molecule has 0 amide bonds. The Morgan fingerprint density at radius 3 is 2.68 bits per heavy atom. The summed E-state index contributed by atoms with van der Waals surface area (Å²) in [5.41, 5.74) is 8.72. The molecule has 1 unspecified atom stereocenters. The number of para-hydroxylation sites is 1. The van der Waals surface area contributed by atoms with Crippen LogP contribution in [0.25, 0.3) is 0 Å². The fraction of sp³-hybridized carbons (Fsp3) is 0.562. The Bertz CT molecular complexity index is 467. The molecule has 0 aliphatic carbocycles. The van der Waals surface area contributed by atoms with E-state index in [1.165, 1.54) is 24.1 Å². The zero-order chi connectivity index (χ0) is 13.9. The summed E-state index contributed by atoms with van der Waals surface area (Å²) in [6, 6.07) is 8.44. The van der Waals surface area contributed by atoms with Gasteiger partial charge in [0.05, 0.1) is 12.1 Å². The highest BCUT2D eigenvalue weighted by atomic mass is 15.4. The predicted octanol–water partition coefficient (Wildman–Crippen LogP) is 3.47. The second-order valence-electron chi connectivity index (χ2n) is 5.48. The Labute approximate surface area is 116 Å². The molecular formula is C16H25N3. The standard InChI is InChI=1S/C16H25N3/c1-4-6-11-16(5-2)12-18-15(17)19(16)14-10-8-7-9-13(14)3/h7-10H,4-6,11-12H2,1-3H3,(H2,17,18). The third-order valence-corrected chi connectivity index (χ3v) is 4.25. The number of guanidine groups is 1. The highest BCUT2D eigenvalue weighted by Gasteiger charge is 2.41. The summed E-state index contributed by atoms with van der Waals surface area (Å²) < 4.78 is 0. The number of hydrogen-bond donors (Lipinski definition) is 1. The molecule has 1 atom stereocenters. The molecule has 1 aliphatic heterocycles. The highest BCUT2D eigenvalue weighted by molar-refractivity contribution is 5.98. The van der Waals surface area contributed by atoms with Crippen molar-refractivity contribution in [3.05, 3.63) is 29.8 Å². The molecular weight excluding hydrogens is 234 g/mol. The third-order valence-electron chi connectivity index (χ3n) is 4.25. The maximum Gasteiger partial charge on any atom is 0.196 e. The number of aryl methyl sites for hydroxylation is 1. The molecule has 0 bridgehead atoms. The monoisotopic (exact) mass is 259 g/mol. The van der Waals surface area contributed by atoms with Crippen LogP contribution in [0.2, 0.25) is 0 Å². The summed E-state index contributed by atoms with van der Waals surface area (Å²) in [6.45, 7) is 7.44. The van der Waals surface area contributed by atoms with Gasteiger partial charge < -0.3 is 10.6 Å². The predicted molar refractivity (Wildman–Crippen MR) is 82.7 cm³/mol. The van der Waals surface area contributed by atoms with Crippen molar-refractivity contribution in [3.63, 3.8) is 0 Å². The molecule has 19 heavy (non-hydrogen) atoms. The van der Waals surface area contributed by atoms with Crippen molar-refractivity contribution in [2.75, 3.05) is 11.4 Å². The first-order valence-corrected chi connectivity index (χ1v) is 7.30. The van der Waals surface area contributed by atoms with Crippen LogP contribution in [0.3, 0.4) is 0 Å². The van der Waals surface area contributed by atoms with Crippen LogP contribution in [0.4, 0.5) is 5.69 Å². The summed E-state index contributed by atoms with van der Waals surface area (Å²) in [6.07, 6.45) is 4.66. The Balaban J connectivity index is 2.38. The lowest BCUT2D eigenvalue weighted by Crippen LogP contribution is -2.52. The van der Waals surface area contributed by atoms with Crippen LogP contribution >= 0.6 is 0 Å². The van der Waals surface area contributed by atoms with Gasteiger partial charge in [0, 0.05) is 5.69 Å². The Morgan fingerprint density at radius 2 is 2.05 bits per heavy atom. The summed E-state index contributed by atoms with van der Waals surface area (Å²) in [7, 11) is 0. The van der Waals surface area contributed by atoms with Crippen molar-refractivity contribution in [2.45, 2.75) is 52.0 Å². The lowest BCUT2D eigenvalue weighted by atomic mass is 9.88. The van der Waals surface area contributed by atoms with Gasteiger partial charge in [-0.3, -0.25) is 4.99 Å². The molecule has 0 spiro atoms. The van der Waals surface area contributed by atoms with Crippen molar-refractivity contribution in [1.29, 1.82) is 0 Å². The number of aliphatic imine (C=N–C) groups is 1. The van der Waals surface area contributed by atoms with Gasteiger partial charge in [0.1, 0.15) is 0 Å². The van der Waals surface area contributed by atoms with Gasteiger partial charge in [0.15, 0.2) is 5.96 Å². The SMILES string of the molecule is CCCCC1(CC)CN=C(N)N1c1ccccc1C. The Kier molecular flexibility index (Phi) is 4.13. The molecule has 1 aromatic carbocycles. The number of unbranched alkanes of at least 4 members (excludes halogenated alkanes) is 1. The largest absolute Gasteiger partial charge is 0.369 e. The molecule has 104 valence electrons. The molecule has 3 heteroatoms. The average Bonchev–Trinajstić information content (AvgIpc) is 2.75. The topological polar surface area (TPSA) is 41.6 Å². The number of nitrogens with two attached hydrogens (primary N) is 1. The van der Waals surface area contributed by atoms with Crippen molar-refractivity contribution in [3.8, 4) is 0 Å². The maximum absolute atomic E-state index is 6.18. The molecule has 1 aliphatic rings. The van der Waals surface area contributed by atoms with Crippen LogP contribution in [-0.4, -0.2) is 18.0 Å². The van der Waals surface area contributed by atoms with E-state index in [4.69, 9.17) is 5.73 Å². The van der Waals surface area contributed by atoms with Crippen molar-refractivity contribution < 1.29 is 0 Å². The van der Waals surface area contributed by atoms with Gasteiger partial charge in [0.25, 0.3) is 0 Å². The van der Waals surface area contributed by atoms with Crippen molar-refractivity contribution >= 4 is 11.6 Å². The van der Waals surface area contributed by atoms with Crippen LogP contribution < -0.4 is 10.6 Å². The van der Waals surface area contributed by atoms with E-state index in [9.17, 15) is 0 Å². The van der Waals surface area contributed by atoms with E-state index in [2.05, 4.69) is 54.9 Å². The number of hydrogen-bond acceptors (Lipinski definition) is 3. The lowest BCUT2D eigenvalue weighted by molar-refractivity contribution is 0.394. The first kappa shape index (κ1) is 13.9.